The first-order chi connectivity index (χ1) is 9.19. The zero-order valence-electron chi connectivity index (χ0n) is 11.1. The van der Waals surface area contributed by atoms with Crippen molar-refractivity contribution in [2.24, 2.45) is 5.92 Å². The summed E-state index contributed by atoms with van der Waals surface area (Å²) >= 11 is 5.13. The standard InChI is InChI=1S/C15H21BrO2S/c16-13-5-4-12(19-13)14(17)11-6-9-18-15(10-11)7-2-1-3-8-15/h4-5,11,14,17H,1-3,6-10H2. The first-order valence-corrected chi connectivity index (χ1v) is 8.87. The van der Waals surface area contributed by atoms with Crippen molar-refractivity contribution in [3.63, 3.8) is 0 Å². The van der Waals surface area contributed by atoms with Gasteiger partial charge in [0.15, 0.2) is 0 Å². The molecule has 3 rings (SSSR count). The first kappa shape index (κ1) is 14.1. The van der Waals surface area contributed by atoms with E-state index >= 15 is 0 Å². The Morgan fingerprint density at radius 1 is 1.32 bits per heavy atom. The van der Waals surface area contributed by atoms with Gasteiger partial charge in [0.25, 0.3) is 0 Å². The SMILES string of the molecule is OC(c1ccc(Br)s1)C1CCOC2(CCCCC2)C1. The van der Waals surface area contributed by atoms with E-state index in [-0.39, 0.29) is 11.7 Å². The lowest BCUT2D eigenvalue weighted by molar-refractivity contribution is -0.133. The molecule has 2 unspecified atom stereocenters. The van der Waals surface area contributed by atoms with Crippen molar-refractivity contribution in [1.29, 1.82) is 0 Å². The molecule has 0 amide bonds. The van der Waals surface area contributed by atoms with Gasteiger partial charge in [0.05, 0.1) is 15.5 Å². The van der Waals surface area contributed by atoms with Crippen LogP contribution in [-0.2, 0) is 4.74 Å². The molecule has 2 fully saturated rings. The molecule has 19 heavy (non-hydrogen) atoms. The number of thiophene rings is 1. The van der Waals surface area contributed by atoms with Crippen molar-refractivity contribution in [3.05, 3.63) is 20.8 Å². The number of hydrogen-bond donors (Lipinski definition) is 1. The average Bonchev–Trinajstić information content (AvgIpc) is 2.85. The maximum Gasteiger partial charge on any atom is 0.0912 e. The minimum Gasteiger partial charge on any atom is -0.387 e. The predicted octanol–water partition coefficient (Wildman–Crippen LogP) is 4.67. The summed E-state index contributed by atoms with van der Waals surface area (Å²) in [5.74, 6) is 0.359. The first-order valence-electron chi connectivity index (χ1n) is 7.26. The van der Waals surface area contributed by atoms with E-state index in [1.807, 2.05) is 12.1 Å². The van der Waals surface area contributed by atoms with Gasteiger partial charge < -0.3 is 9.84 Å². The molecule has 2 nitrogen and oxygen atoms in total. The van der Waals surface area contributed by atoms with Crippen LogP contribution in [0, 0.1) is 5.92 Å². The fourth-order valence-electron chi connectivity index (χ4n) is 3.60. The van der Waals surface area contributed by atoms with E-state index in [2.05, 4.69) is 15.9 Å². The lowest BCUT2D eigenvalue weighted by Crippen LogP contribution is -2.42. The minimum atomic E-state index is -0.320. The summed E-state index contributed by atoms with van der Waals surface area (Å²) in [4.78, 5) is 1.09. The summed E-state index contributed by atoms with van der Waals surface area (Å²) in [7, 11) is 0. The normalized spacial score (nSPS) is 28.4. The van der Waals surface area contributed by atoms with Crippen LogP contribution in [-0.4, -0.2) is 17.3 Å². The van der Waals surface area contributed by atoms with Crippen LogP contribution in [0.5, 0.6) is 0 Å². The lowest BCUT2D eigenvalue weighted by atomic mass is 9.74. The molecule has 106 valence electrons. The molecule has 2 aliphatic rings. The smallest absolute Gasteiger partial charge is 0.0912 e. The zero-order valence-corrected chi connectivity index (χ0v) is 13.5. The van der Waals surface area contributed by atoms with Crippen LogP contribution in [0.3, 0.4) is 0 Å². The molecule has 2 heterocycles. The number of aliphatic hydroxyl groups is 1. The summed E-state index contributed by atoms with van der Waals surface area (Å²) in [5, 5.41) is 10.6. The van der Waals surface area contributed by atoms with Gasteiger partial charge in [0.2, 0.25) is 0 Å². The van der Waals surface area contributed by atoms with Gasteiger partial charge in [-0.1, -0.05) is 19.3 Å². The van der Waals surface area contributed by atoms with E-state index in [4.69, 9.17) is 4.74 Å². The molecule has 1 aliphatic heterocycles. The topological polar surface area (TPSA) is 29.5 Å². The van der Waals surface area contributed by atoms with Crippen LogP contribution >= 0.6 is 27.3 Å². The van der Waals surface area contributed by atoms with E-state index in [9.17, 15) is 5.11 Å². The maximum atomic E-state index is 10.6. The number of rotatable bonds is 2. The molecular formula is C15H21BrO2S. The van der Waals surface area contributed by atoms with Crippen molar-refractivity contribution in [2.45, 2.75) is 56.7 Å². The van der Waals surface area contributed by atoms with Crippen LogP contribution in [0.4, 0.5) is 0 Å². The molecule has 1 aromatic rings. The summed E-state index contributed by atoms with van der Waals surface area (Å²) in [6.45, 7) is 0.814. The molecule has 1 spiro atoms. The fraction of sp³-hybridized carbons (Fsp3) is 0.733. The molecule has 1 saturated heterocycles. The molecule has 0 bridgehead atoms. The van der Waals surface area contributed by atoms with Crippen LogP contribution < -0.4 is 0 Å². The second-order valence-corrected chi connectivity index (χ2v) is 8.43. The second-order valence-electron chi connectivity index (χ2n) is 5.93. The van der Waals surface area contributed by atoms with E-state index in [1.165, 1.54) is 32.1 Å². The summed E-state index contributed by atoms with van der Waals surface area (Å²) in [5.41, 5.74) is 0.0800. The minimum absolute atomic E-state index is 0.0800. The molecule has 1 aromatic heterocycles. The van der Waals surface area contributed by atoms with E-state index < -0.39 is 0 Å². The Labute approximate surface area is 127 Å². The quantitative estimate of drug-likeness (QED) is 0.844. The van der Waals surface area contributed by atoms with Gasteiger partial charge in [-0.2, -0.15) is 0 Å². The van der Waals surface area contributed by atoms with Crippen LogP contribution in [0.25, 0.3) is 0 Å². The Hall–Kier alpha value is 0.1000. The van der Waals surface area contributed by atoms with E-state index in [0.717, 1.165) is 28.1 Å². The van der Waals surface area contributed by atoms with Gasteiger partial charge in [-0.15, -0.1) is 11.3 Å². The van der Waals surface area contributed by atoms with Gasteiger partial charge in [0, 0.05) is 11.5 Å². The van der Waals surface area contributed by atoms with Crippen LogP contribution in [0.15, 0.2) is 15.9 Å². The van der Waals surface area contributed by atoms with Gasteiger partial charge >= 0.3 is 0 Å². The van der Waals surface area contributed by atoms with Gasteiger partial charge in [0.1, 0.15) is 0 Å². The van der Waals surface area contributed by atoms with Gasteiger partial charge in [-0.05, 0) is 59.7 Å². The van der Waals surface area contributed by atoms with Crippen LogP contribution in [0.1, 0.15) is 55.9 Å². The highest BCUT2D eigenvalue weighted by Gasteiger charge is 2.40. The Kier molecular flexibility index (Phi) is 4.32. The number of ether oxygens (including phenoxy) is 1. The van der Waals surface area contributed by atoms with Crippen molar-refractivity contribution in [1.82, 2.24) is 0 Å². The maximum absolute atomic E-state index is 10.6. The van der Waals surface area contributed by atoms with Crippen molar-refractivity contribution in [3.8, 4) is 0 Å². The molecule has 1 N–H and O–H groups in total. The largest absolute Gasteiger partial charge is 0.387 e. The molecular weight excluding hydrogens is 324 g/mol. The molecule has 1 aliphatic carbocycles. The van der Waals surface area contributed by atoms with Gasteiger partial charge in [-0.3, -0.25) is 0 Å². The highest BCUT2D eigenvalue weighted by molar-refractivity contribution is 9.11. The second kappa shape index (κ2) is 5.84. The van der Waals surface area contributed by atoms with Crippen molar-refractivity contribution >= 4 is 27.3 Å². The molecule has 1 saturated carbocycles. The lowest BCUT2D eigenvalue weighted by Gasteiger charge is -2.44. The third-order valence-electron chi connectivity index (χ3n) is 4.63. The Bertz CT molecular complexity index is 420. The van der Waals surface area contributed by atoms with Crippen molar-refractivity contribution in [2.75, 3.05) is 6.61 Å². The fourth-order valence-corrected chi connectivity index (χ4v) is 5.10. The Balaban J connectivity index is 1.70. The van der Waals surface area contributed by atoms with Crippen LogP contribution in [0.2, 0.25) is 0 Å². The Morgan fingerprint density at radius 2 is 2.11 bits per heavy atom. The highest BCUT2D eigenvalue weighted by atomic mass is 79.9. The van der Waals surface area contributed by atoms with E-state index in [1.54, 1.807) is 11.3 Å². The summed E-state index contributed by atoms with van der Waals surface area (Å²) < 4.78 is 7.21. The third kappa shape index (κ3) is 3.07. The highest BCUT2D eigenvalue weighted by Crippen LogP contribution is 2.45. The predicted molar refractivity (Wildman–Crippen MR) is 81.5 cm³/mol. The monoisotopic (exact) mass is 344 g/mol. The molecule has 2 atom stereocenters. The number of halogens is 1. The molecule has 0 radical (unpaired) electrons. The summed E-state index contributed by atoms with van der Waals surface area (Å²) in [6, 6.07) is 4.07. The average molecular weight is 345 g/mol. The third-order valence-corrected chi connectivity index (χ3v) is 6.32. The summed E-state index contributed by atoms with van der Waals surface area (Å²) in [6.07, 6.45) is 7.98. The zero-order chi connectivity index (χ0) is 13.3. The Morgan fingerprint density at radius 3 is 2.79 bits per heavy atom. The number of aliphatic hydroxyl groups excluding tert-OH is 1. The molecule has 4 heteroatoms. The number of hydrogen-bond acceptors (Lipinski definition) is 3. The van der Waals surface area contributed by atoms with Crippen molar-refractivity contribution < 1.29 is 9.84 Å². The van der Waals surface area contributed by atoms with E-state index in [0.29, 0.717) is 5.92 Å². The van der Waals surface area contributed by atoms with Gasteiger partial charge in [-0.25, -0.2) is 0 Å². The molecule has 0 aromatic carbocycles.